The minimum absolute atomic E-state index is 0.293. The number of hydrogen-bond donors (Lipinski definition) is 1. The van der Waals surface area contributed by atoms with Gasteiger partial charge in [0.1, 0.15) is 17.3 Å². The molecule has 2 aromatic rings. The maximum atomic E-state index is 6.35. The van der Waals surface area contributed by atoms with Gasteiger partial charge >= 0.3 is 0 Å². The lowest BCUT2D eigenvalue weighted by molar-refractivity contribution is 0.556. The van der Waals surface area contributed by atoms with E-state index in [0.717, 1.165) is 33.5 Å². The first-order valence-electron chi connectivity index (χ1n) is 6.97. The van der Waals surface area contributed by atoms with Crippen LogP contribution in [0.3, 0.4) is 0 Å². The van der Waals surface area contributed by atoms with E-state index >= 15 is 0 Å². The van der Waals surface area contributed by atoms with Crippen LogP contribution in [0, 0.1) is 6.92 Å². The van der Waals surface area contributed by atoms with Crippen LogP contribution in [0.4, 0.5) is 5.82 Å². The summed E-state index contributed by atoms with van der Waals surface area (Å²) in [5.41, 5.74) is 9.35. The van der Waals surface area contributed by atoms with E-state index < -0.39 is 0 Å². The van der Waals surface area contributed by atoms with Gasteiger partial charge in [0.05, 0.1) is 0 Å². The highest BCUT2D eigenvalue weighted by atomic mass is 35.5. The third kappa shape index (κ3) is 2.55. The molecule has 4 heteroatoms. The Kier molecular flexibility index (Phi) is 4.09. The third-order valence-corrected chi connectivity index (χ3v) is 3.69. The largest absolute Gasteiger partial charge is 0.383 e. The van der Waals surface area contributed by atoms with Crippen molar-refractivity contribution in [2.24, 2.45) is 0 Å². The van der Waals surface area contributed by atoms with Crippen LogP contribution in [0.1, 0.15) is 51.0 Å². The Bertz CT molecular complexity index is 627. The predicted molar refractivity (Wildman–Crippen MR) is 86.3 cm³/mol. The summed E-state index contributed by atoms with van der Waals surface area (Å²) in [5.74, 6) is 2.09. The Morgan fingerprint density at radius 3 is 2.30 bits per heavy atom. The first-order valence-corrected chi connectivity index (χ1v) is 7.34. The zero-order valence-corrected chi connectivity index (χ0v) is 13.5. The van der Waals surface area contributed by atoms with Crippen molar-refractivity contribution in [1.82, 2.24) is 9.55 Å². The first-order chi connectivity index (χ1) is 9.32. The van der Waals surface area contributed by atoms with Gasteiger partial charge in [-0.15, -0.1) is 0 Å². The van der Waals surface area contributed by atoms with Crippen LogP contribution in [0.5, 0.6) is 0 Å². The van der Waals surface area contributed by atoms with Crippen molar-refractivity contribution in [1.29, 1.82) is 0 Å². The highest BCUT2D eigenvalue weighted by Crippen LogP contribution is 2.34. The first kappa shape index (κ1) is 14.9. The minimum Gasteiger partial charge on any atom is -0.383 e. The Hall–Kier alpha value is -1.48. The number of aromatic nitrogens is 2. The fraction of sp³-hybridized carbons (Fsp3) is 0.438. The second-order valence-corrected chi connectivity index (χ2v) is 6.22. The highest BCUT2D eigenvalue weighted by Gasteiger charge is 2.20. The maximum absolute atomic E-state index is 6.35. The molecular formula is C16H22ClN3. The van der Waals surface area contributed by atoms with Gasteiger partial charge in [0.2, 0.25) is 0 Å². The Morgan fingerprint density at radius 1 is 1.20 bits per heavy atom. The van der Waals surface area contributed by atoms with Gasteiger partial charge in [0, 0.05) is 22.5 Å². The average molecular weight is 292 g/mol. The average Bonchev–Trinajstić information content (AvgIpc) is 2.67. The summed E-state index contributed by atoms with van der Waals surface area (Å²) in [5, 5.41) is 0.734. The van der Waals surface area contributed by atoms with E-state index in [1.54, 1.807) is 0 Å². The predicted octanol–water partition coefficient (Wildman–Crippen LogP) is 4.80. The number of aryl methyl sites for hydroxylation is 1. The van der Waals surface area contributed by atoms with E-state index in [1.807, 2.05) is 25.1 Å². The molecule has 2 rings (SSSR count). The number of benzene rings is 1. The molecule has 3 nitrogen and oxygen atoms in total. The van der Waals surface area contributed by atoms with E-state index in [0.29, 0.717) is 12.0 Å². The standard InChI is InChI=1S/C16H22ClN3/c1-9(2)16-19-14(15(18)20(16)10(3)4)13-7-6-12(17)8-11(13)5/h6-10H,18H2,1-5H3. The van der Waals surface area contributed by atoms with Crippen molar-refractivity contribution in [3.63, 3.8) is 0 Å². The molecule has 0 aliphatic rings. The van der Waals surface area contributed by atoms with Gasteiger partial charge in [-0.25, -0.2) is 4.98 Å². The lowest BCUT2D eigenvalue weighted by atomic mass is 10.1. The molecule has 1 aromatic carbocycles. The lowest BCUT2D eigenvalue weighted by Gasteiger charge is -2.15. The minimum atomic E-state index is 0.293. The van der Waals surface area contributed by atoms with Crippen LogP contribution in [-0.4, -0.2) is 9.55 Å². The fourth-order valence-electron chi connectivity index (χ4n) is 2.50. The smallest absolute Gasteiger partial charge is 0.131 e. The molecule has 1 heterocycles. The van der Waals surface area contributed by atoms with E-state index in [-0.39, 0.29) is 0 Å². The fourth-order valence-corrected chi connectivity index (χ4v) is 2.73. The van der Waals surface area contributed by atoms with Gasteiger partial charge in [-0.2, -0.15) is 0 Å². The lowest BCUT2D eigenvalue weighted by Crippen LogP contribution is -2.10. The van der Waals surface area contributed by atoms with Gasteiger partial charge in [-0.3, -0.25) is 0 Å². The molecule has 0 saturated carbocycles. The molecule has 108 valence electrons. The number of hydrogen-bond acceptors (Lipinski definition) is 2. The number of halogens is 1. The Labute approximate surface area is 125 Å². The number of nitrogen functional groups attached to an aromatic ring is 1. The summed E-state index contributed by atoms with van der Waals surface area (Å²) in [7, 11) is 0. The molecule has 0 bridgehead atoms. The Balaban J connectivity index is 2.66. The summed E-state index contributed by atoms with van der Waals surface area (Å²) in [6.07, 6.45) is 0. The second-order valence-electron chi connectivity index (χ2n) is 5.78. The van der Waals surface area contributed by atoms with E-state index in [1.165, 1.54) is 0 Å². The van der Waals surface area contributed by atoms with Crippen LogP contribution >= 0.6 is 11.6 Å². The topological polar surface area (TPSA) is 43.8 Å². The maximum Gasteiger partial charge on any atom is 0.131 e. The van der Waals surface area contributed by atoms with Gasteiger partial charge in [0.15, 0.2) is 0 Å². The quantitative estimate of drug-likeness (QED) is 0.883. The summed E-state index contributed by atoms with van der Waals surface area (Å²) < 4.78 is 2.12. The van der Waals surface area contributed by atoms with Crippen molar-refractivity contribution in [3.8, 4) is 11.3 Å². The molecule has 0 aliphatic heterocycles. The van der Waals surface area contributed by atoms with E-state index in [4.69, 9.17) is 22.3 Å². The SMILES string of the molecule is Cc1cc(Cl)ccc1-c1nc(C(C)C)n(C(C)C)c1N. The van der Waals surface area contributed by atoms with Crippen LogP contribution in [-0.2, 0) is 0 Å². The second kappa shape index (κ2) is 5.49. The molecule has 20 heavy (non-hydrogen) atoms. The van der Waals surface area contributed by atoms with Crippen molar-refractivity contribution in [2.45, 2.75) is 46.6 Å². The van der Waals surface area contributed by atoms with Gasteiger partial charge < -0.3 is 10.3 Å². The van der Waals surface area contributed by atoms with Crippen LogP contribution in [0.15, 0.2) is 18.2 Å². The zero-order chi connectivity index (χ0) is 15.0. The summed E-state index contributed by atoms with van der Waals surface area (Å²) in [6.45, 7) is 10.6. The molecule has 2 N–H and O–H groups in total. The van der Waals surface area contributed by atoms with Crippen LogP contribution in [0.25, 0.3) is 11.3 Å². The number of anilines is 1. The molecular weight excluding hydrogens is 270 g/mol. The summed E-state index contributed by atoms with van der Waals surface area (Å²) in [6, 6.07) is 6.11. The summed E-state index contributed by atoms with van der Waals surface area (Å²) >= 11 is 6.02. The zero-order valence-electron chi connectivity index (χ0n) is 12.7. The van der Waals surface area contributed by atoms with Crippen molar-refractivity contribution >= 4 is 17.4 Å². The van der Waals surface area contributed by atoms with Gasteiger partial charge in [-0.1, -0.05) is 31.5 Å². The van der Waals surface area contributed by atoms with E-state index in [9.17, 15) is 0 Å². The number of rotatable bonds is 3. The molecule has 1 aromatic heterocycles. The number of imidazole rings is 1. The normalized spacial score (nSPS) is 11.6. The molecule has 0 radical (unpaired) electrons. The van der Waals surface area contributed by atoms with Crippen molar-refractivity contribution in [3.05, 3.63) is 34.6 Å². The molecule has 0 amide bonds. The van der Waals surface area contributed by atoms with E-state index in [2.05, 4.69) is 32.3 Å². The molecule has 0 spiro atoms. The number of nitrogens with zero attached hydrogens (tertiary/aromatic N) is 2. The van der Waals surface area contributed by atoms with Crippen molar-refractivity contribution in [2.75, 3.05) is 5.73 Å². The molecule has 0 atom stereocenters. The molecule has 0 unspecified atom stereocenters. The van der Waals surface area contributed by atoms with Crippen molar-refractivity contribution < 1.29 is 0 Å². The monoisotopic (exact) mass is 291 g/mol. The van der Waals surface area contributed by atoms with Crippen LogP contribution in [0.2, 0.25) is 5.02 Å². The molecule has 0 saturated heterocycles. The summed E-state index contributed by atoms with van der Waals surface area (Å²) in [4.78, 5) is 4.79. The molecule has 0 fully saturated rings. The number of nitrogens with two attached hydrogens (primary N) is 1. The Morgan fingerprint density at radius 2 is 1.85 bits per heavy atom. The highest BCUT2D eigenvalue weighted by molar-refractivity contribution is 6.30. The third-order valence-electron chi connectivity index (χ3n) is 3.45. The van der Waals surface area contributed by atoms with Gasteiger partial charge in [0.25, 0.3) is 0 Å². The molecule has 0 aliphatic carbocycles. The van der Waals surface area contributed by atoms with Crippen LogP contribution < -0.4 is 5.73 Å². The van der Waals surface area contributed by atoms with Gasteiger partial charge in [-0.05, 0) is 38.5 Å².